The fraction of sp³-hybridized carbons (Fsp3) is 0.588. The summed E-state index contributed by atoms with van der Waals surface area (Å²) in [5, 5.41) is 6.35. The zero-order valence-corrected chi connectivity index (χ0v) is 13.9. The van der Waals surface area contributed by atoms with Crippen molar-refractivity contribution in [2.24, 2.45) is 10.9 Å². The second kappa shape index (κ2) is 11.0. The third-order valence-electron chi connectivity index (χ3n) is 3.25. The monoisotopic (exact) mass is 309 g/mol. The molecule has 0 aliphatic heterocycles. The van der Waals surface area contributed by atoms with Gasteiger partial charge in [-0.05, 0) is 30.4 Å². The van der Waals surface area contributed by atoms with Crippen molar-refractivity contribution in [3.8, 4) is 0 Å². The lowest BCUT2D eigenvalue weighted by atomic mass is 10.1. The third kappa shape index (κ3) is 7.98. The smallest absolute Gasteiger partial charge is 0.191 e. The lowest BCUT2D eigenvalue weighted by Crippen LogP contribution is -2.39. The van der Waals surface area contributed by atoms with Crippen LogP contribution < -0.4 is 10.6 Å². The van der Waals surface area contributed by atoms with Crippen molar-refractivity contribution >= 4 is 5.96 Å². The molecule has 0 saturated carbocycles. The molecule has 5 heteroatoms. The van der Waals surface area contributed by atoms with E-state index in [-0.39, 0.29) is 5.82 Å². The van der Waals surface area contributed by atoms with Gasteiger partial charge in [-0.3, -0.25) is 4.99 Å². The lowest BCUT2D eigenvalue weighted by Gasteiger charge is -2.12. The number of ether oxygens (including phenoxy) is 1. The zero-order chi connectivity index (χ0) is 16.2. The first-order valence-corrected chi connectivity index (χ1v) is 7.89. The maximum Gasteiger partial charge on any atom is 0.191 e. The Labute approximate surface area is 133 Å². The Hall–Kier alpha value is -1.62. The number of benzene rings is 1. The molecule has 0 aliphatic rings. The van der Waals surface area contributed by atoms with E-state index in [1.54, 1.807) is 19.2 Å². The molecular formula is C17H28FN3O. The van der Waals surface area contributed by atoms with Crippen molar-refractivity contribution in [3.63, 3.8) is 0 Å². The van der Waals surface area contributed by atoms with Crippen LogP contribution in [0, 0.1) is 11.7 Å². The van der Waals surface area contributed by atoms with E-state index in [1.807, 2.05) is 6.07 Å². The van der Waals surface area contributed by atoms with Crippen LogP contribution in [0.2, 0.25) is 0 Å². The number of aliphatic imine (C=N–C) groups is 1. The minimum atomic E-state index is -0.161. The maximum absolute atomic E-state index is 13.5. The molecule has 0 aromatic heterocycles. The summed E-state index contributed by atoms with van der Waals surface area (Å²) in [6.45, 7) is 7.15. The van der Waals surface area contributed by atoms with Gasteiger partial charge in [-0.2, -0.15) is 0 Å². The van der Waals surface area contributed by atoms with E-state index >= 15 is 0 Å². The van der Waals surface area contributed by atoms with E-state index in [0.717, 1.165) is 13.0 Å². The van der Waals surface area contributed by atoms with Crippen LogP contribution in [0.25, 0.3) is 0 Å². The maximum atomic E-state index is 13.5. The van der Waals surface area contributed by atoms with Gasteiger partial charge in [0.05, 0.1) is 6.61 Å². The highest BCUT2D eigenvalue weighted by atomic mass is 19.1. The van der Waals surface area contributed by atoms with Crippen molar-refractivity contribution < 1.29 is 9.13 Å². The molecule has 1 aromatic carbocycles. The Bertz CT molecular complexity index is 449. The van der Waals surface area contributed by atoms with Crippen molar-refractivity contribution in [3.05, 3.63) is 35.6 Å². The molecule has 124 valence electrons. The van der Waals surface area contributed by atoms with Gasteiger partial charge in [0.15, 0.2) is 5.96 Å². The Morgan fingerprint density at radius 3 is 2.59 bits per heavy atom. The fourth-order valence-corrected chi connectivity index (χ4v) is 1.90. The molecule has 0 unspecified atom stereocenters. The van der Waals surface area contributed by atoms with Crippen LogP contribution in [-0.4, -0.2) is 39.3 Å². The topological polar surface area (TPSA) is 45.7 Å². The van der Waals surface area contributed by atoms with Gasteiger partial charge in [0.25, 0.3) is 0 Å². The summed E-state index contributed by atoms with van der Waals surface area (Å²) in [5.41, 5.74) is 0.711. The molecule has 0 fully saturated rings. The lowest BCUT2D eigenvalue weighted by molar-refractivity contribution is 0.128. The van der Waals surface area contributed by atoms with Crippen LogP contribution >= 0.6 is 0 Å². The number of hydrogen-bond acceptors (Lipinski definition) is 2. The average Bonchev–Trinajstić information content (AvgIpc) is 2.50. The number of rotatable bonds is 9. The van der Waals surface area contributed by atoms with Crippen LogP contribution in [0.5, 0.6) is 0 Å². The predicted molar refractivity (Wildman–Crippen MR) is 89.7 cm³/mol. The molecule has 0 spiro atoms. The SMILES string of the molecule is CN=C(NCCOCCC(C)C)NCCc1ccccc1F. The highest BCUT2D eigenvalue weighted by Crippen LogP contribution is 2.06. The minimum absolute atomic E-state index is 0.161. The second-order valence-electron chi connectivity index (χ2n) is 5.56. The molecule has 22 heavy (non-hydrogen) atoms. The van der Waals surface area contributed by atoms with Gasteiger partial charge in [0.2, 0.25) is 0 Å². The summed E-state index contributed by atoms with van der Waals surface area (Å²) in [5.74, 6) is 1.22. The predicted octanol–water partition coefficient (Wildman–Crippen LogP) is 2.60. The van der Waals surface area contributed by atoms with Crippen LogP contribution in [0.15, 0.2) is 29.3 Å². The molecular weight excluding hydrogens is 281 g/mol. The van der Waals surface area contributed by atoms with Gasteiger partial charge in [-0.25, -0.2) is 4.39 Å². The molecule has 0 atom stereocenters. The number of guanidine groups is 1. The quantitative estimate of drug-likeness (QED) is 0.419. The summed E-state index contributed by atoms with van der Waals surface area (Å²) < 4.78 is 19.0. The number of halogens is 1. The number of nitrogens with one attached hydrogen (secondary N) is 2. The van der Waals surface area contributed by atoms with Crippen LogP contribution in [0.3, 0.4) is 0 Å². The summed E-state index contributed by atoms with van der Waals surface area (Å²) >= 11 is 0. The van der Waals surface area contributed by atoms with Crippen molar-refractivity contribution in [1.82, 2.24) is 10.6 Å². The van der Waals surface area contributed by atoms with E-state index in [2.05, 4.69) is 29.5 Å². The molecule has 0 aliphatic carbocycles. The molecule has 0 bridgehead atoms. The van der Waals surface area contributed by atoms with Gasteiger partial charge in [0, 0.05) is 26.7 Å². The average molecular weight is 309 g/mol. The third-order valence-corrected chi connectivity index (χ3v) is 3.25. The van der Waals surface area contributed by atoms with Gasteiger partial charge in [0.1, 0.15) is 5.82 Å². The summed E-state index contributed by atoms with van der Waals surface area (Å²) in [6.07, 6.45) is 1.70. The first kappa shape index (κ1) is 18.4. The molecule has 2 N–H and O–H groups in total. The summed E-state index contributed by atoms with van der Waals surface area (Å²) in [4.78, 5) is 4.13. The zero-order valence-electron chi connectivity index (χ0n) is 13.9. The highest BCUT2D eigenvalue weighted by Gasteiger charge is 2.01. The first-order chi connectivity index (χ1) is 10.6. The summed E-state index contributed by atoms with van der Waals surface area (Å²) in [6, 6.07) is 6.83. The van der Waals surface area contributed by atoms with Crippen molar-refractivity contribution in [2.75, 3.05) is 33.4 Å². The largest absolute Gasteiger partial charge is 0.380 e. The minimum Gasteiger partial charge on any atom is -0.380 e. The molecule has 0 heterocycles. The van der Waals surface area contributed by atoms with Crippen LogP contribution in [-0.2, 0) is 11.2 Å². The summed E-state index contributed by atoms with van der Waals surface area (Å²) in [7, 11) is 1.72. The van der Waals surface area contributed by atoms with Gasteiger partial charge < -0.3 is 15.4 Å². The van der Waals surface area contributed by atoms with E-state index in [9.17, 15) is 4.39 Å². The highest BCUT2D eigenvalue weighted by molar-refractivity contribution is 5.79. The van der Waals surface area contributed by atoms with E-state index < -0.39 is 0 Å². The van der Waals surface area contributed by atoms with Crippen molar-refractivity contribution in [2.45, 2.75) is 26.7 Å². The van der Waals surface area contributed by atoms with Crippen LogP contribution in [0.1, 0.15) is 25.8 Å². The Morgan fingerprint density at radius 1 is 1.18 bits per heavy atom. The molecule has 1 aromatic rings. The number of hydrogen-bond donors (Lipinski definition) is 2. The molecule has 0 amide bonds. The van der Waals surface area contributed by atoms with E-state index in [4.69, 9.17) is 4.74 Å². The first-order valence-electron chi connectivity index (χ1n) is 7.89. The van der Waals surface area contributed by atoms with Gasteiger partial charge >= 0.3 is 0 Å². The normalized spacial score (nSPS) is 11.8. The fourth-order valence-electron chi connectivity index (χ4n) is 1.90. The Kier molecular flexibility index (Phi) is 9.23. The van der Waals surface area contributed by atoms with Crippen LogP contribution in [0.4, 0.5) is 4.39 Å². The van der Waals surface area contributed by atoms with Crippen molar-refractivity contribution in [1.29, 1.82) is 0 Å². The molecule has 0 saturated heterocycles. The van der Waals surface area contributed by atoms with Gasteiger partial charge in [-0.1, -0.05) is 32.0 Å². The molecule has 1 rings (SSSR count). The van der Waals surface area contributed by atoms with Gasteiger partial charge in [-0.15, -0.1) is 0 Å². The number of nitrogens with zero attached hydrogens (tertiary/aromatic N) is 1. The Balaban J connectivity index is 2.14. The standard InChI is InChI=1S/C17H28FN3O/c1-14(2)9-12-22-13-11-21-17(19-3)20-10-8-15-6-4-5-7-16(15)18/h4-7,14H,8-13H2,1-3H3,(H2,19,20,21). The Morgan fingerprint density at radius 2 is 1.91 bits per heavy atom. The molecule has 4 nitrogen and oxygen atoms in total. The second-order valence-corrected chi connectivity index (χ2v) is 5.56. The molecule has 0 radical (unpaired) electrons. The van der Waals surface area contributed by atoms with E-state index in [0.29, 0.717) is 43.6 Å². The van der Waals surface area contributed by atoms with E-state index in [1.165, 1.54) is 6.07 Å².